The molecule has 0 bridgehead atoms. The lowest BCUT2D eigenvalue weighted by molar-refractivity contribution is 0.252. The number of hydrogen-bond donors (Lipinski definition) is 2. The summed E-state index contributed by atoms with van der Waals surface area (Å²) in [6, 6.07) is 24.0. The minimum absolute atomic E-state index is 0.447. The number of aryl methyl sites for hydroxylation is 1. The van der Waals surface area contributed by atoms with Crippen molar-refractivity contribution in [3.05, 3.63) is 90.0 Å². The van der Waals surface area contributed by atoms with Crippen LogP contribution < -0.4 is 15.5 Å². The summed E-state index contributed by atoms with van der Waals surface area (Å²) in [6.45, 7) is 2.02. The number of rotatable bonds is 5. The van der Waals surface area contributed by atoms with Gasteiger partial charge in [-0.2, -0.15) is 5.10 Å². The molecule has 0 unspecified atom stereocenters. The number of nitrogens with one attached hydrogen (secondary N) is 2. The van der Waals surface area contributed by atoms with Crippen molar-refractivity contribution in [3.8, 4) is 11.5 Å². The molecular formula is C21H19N3O2. The van der Waals surface area contributed by atoms with E-state index in [-0.39, 0.29) is 0 Å². The molecule has 0 heterocycles. The van der Waals surface area contributed by atoms with Crippen LogP contribution in [0.3, 0.4) is 0 Å². The standard InChI is InChI=1S/C21H19N3O2/c1-16-11-13-17(14-12-16)15-22-24-21(25)23-19-9-5-6-10-20(19)26-18-7-3-2-4-8-18/h2-15H,1H3,(H2,23,24,25)/b22-15+. The summed E-state index contributed by atoms with van der Waals surface area (Å²) in [6.07, 6.45) is 1.59. The molecule has 2 N–H and O–H groups in total. The van der Waals surface area contributed by atoms with Gasteiger partial charge in [-0.1, -0.05) is 60.2 Å². The predicted octanol–water partition coefficient (Wildman–Crippen LogP) is 4.94. The third-order valence-corrected chi connectivity index (χ3v) is 3.56. The second-order valence-corrected chi connectivity index (χ2v) is 5.65. The van der Waals surface area contributed by atoms with Gasteiger partial charge in [0.1, 0.15) is 5.75 Å². The molecular weight excluding hydrogens is 326 g/mol. The first-order valence-corrected chi connectivity index (χ1v) is 8.19. The van der Waals surface area contributed by atoms with Gasteiger partial charge >= 0.3 is 6.03 Å². The highest BCUT2D eigenvalue weighted by molar-refractivity contribution is 5.91. The lowest BCUT2D eigenvalue weighted by Crippen LogP contribution is -2.24. The molecule has 0 radical (unpaired) electrons. The van der Waals surface area contributed by atoms with Crippen molar-refractivity contribution in [3.63, 3.8) is 0 Å². The molecule has 0 atom stereocenters. The summed E-state index contributed by atoms with van der Waals surface area (Å²) < 4.78 is 5.81. The van der Waals surface area contributed by atoms with E-state index in [0.717, 1.165) is 5.56 Å². The first-order chi connectivity index (χ1) is 12.7. The Labute approximate surface area is 152 Å². The summed E-state index contributed by atoms with van der Waals surface area (Å²) in [5.74, 6) is 1.25. The molecule has 0 saturated heterocycles. The van der Waals surface area contributed by atoms with Crippen molar-refractivity contribution >= 4 is 17.9 Å². The van der Waals surface area contributed by atoms with E-state index in [2.05, 4.69) is 15.8 Å². The van der Waals surface area contributed by atoms with Crippen molar-refractivity contribution in [2.75, 3.05) is 5.32 Å². The third kappa shape index (κ3) is 4.95. The summed E-state index contributed by atoms with van der Waals surface area (Å²) >= 11 is 0. The second-order valence-electron chi connectivity index (χ2n) is 5.65. The Balaban J connectivity index is 1.61. The zero-order valence-corrected chi connectivity index (χ0v) is 14.3. The number of anilines is 1. The number of urea groups is 1. The van der Waals surface area contributed by atoms with Crippen LogP contribution in [0.1, 0.15) is 11.1 Å². The molecule has 0 spiro atoms. The summed E-state index contributed by atoms with van der Waals surface area (Å²) in [7, 11) is 0. The molecule has 3 aromatic carbocycles. The van der Waals surface area contributed by atoms with Gasteiger partial charge < -0.3 is 10.1 Å². The highest BCUT2D eigenvalue weighted by Crippen LogP contribution is 2.28. The number of nitrogens with zero attached hydrogens (tertiary/aromatic N) is 1. The Morgan fingerprint density at radius 3 is 2.38 bits per heavy atom. The number of hydrazone groups is 1. The molecule has 0 aliphatic carbocycles. The van der Waals surface area contributed by atoms with E-state index in [9.17, 15) is 4.79 Å². The Morgan fingerprint density at radius 2 is 1.62 bits per heavy atom. The zero-order valence-electron chi connectivity index (χ0n) is 14.3. The largest absolute Gasteiger partial charge is 0.455 e. The van der Waals surface area contributed by atoms with Crippen molar-refractivity contribution in [2.24, 2.45) is 5.10 Å². The number of amides is 2. The first kappa shape index (κ1) is 17.2. The molecule has 0 aromatic heterocycles. The highest BCUT2D eigenvalue weighted by Gasteiger charge is 2.07. The Morgan fingerprint density at radius 1 is 0.923 bits per heavy atom. The Bertz CT molecular complexity index is 891. The molecule has 26 heavy (non-hydrogen) atoms. The SMILES string of the molecule is Cc1ccc(/C=N/NC(=O)Nc2ccccc2Oc2ccccc2)cc1. The van der Waals surface area contributed by atoms with E-state index >= 15 is 0 Å². The van der Waals surface area contributed by atoms with Crippen LogP contribution in [0, 0.1) is 6.92 Å². The molecule has 0 aliphatic heterocycles. The highest BCUT2D eigenvalue weighted by atomic mass is 16.5. The van der Waals surface area contributed by atoms with Gasteiger partial charge in [0.25, 0.3) is 0 Å². The maximum absolute atomic E-state index is 12.1. The minimum Gasteiger partial charge on any atom is -0.455 e. The summed E-state index contributed by atoms with van der Waals surface area (Å²) in [4.78, 5) is 12.1. The smallest absolute Gasteiger partial charge is 0.339 e. The normalized spacial score (nSPS) is 10.5. The number of carbonyl (C=O) groups excluding carboxylic acids is 1. The first-order valence-electron chi connectivity index (χ1n) is 8.19. The average Bonchev–Trinajstić information content (AvgIpc) is 2.66. The van der Waals surface area contributed by atoms with Crippen LogP contribution in [-0.2, 0) is 0 Å². The fourth-order valence-electron chi connectivity index (χ4n) is 2.24. The van der Waals surface area contributed by atoms with Crippen molar-refractivity contribution in [1.29, 1.82) is 0 Å². The molecule has 0 fully saturated rings. The maximum Gasteiger partial charge on any atom is 0.339 e. The molecule has 130 valence electrons. The second kappa shape index (κ2) is 8.48. The van der Waals surface area contributed by atoms with Crippen LogP contribution in [-0.4, -0.2) is 12.2 Å². The predicted molar refractivity (Wildman–Crippen MR) is 104 cm³/mol. The lowest BCUT2D eigenvalue weighted by atomic mass is 10.2. The molecule has 0 aliphatic rings. The van der Waals surface area contributed by atoms with Crippen LogP contribution in [0.15, 0.2) is 84.0 Å². The van der Waals surface area contributed by atoms with Crippen LogP contribution in [0.25, 0.3) is 0 Å². The van der Waals surface area contributed by atoms with Gasteiger partial charge in [0, 0.05) is 0 Å². The van der Waals surface area contributed by atoms with E-state index in [4.69, 9.17) is 4.74 Å². The van der Waals surface area contributed by atoms with E-state index in [1.54, 1.807) is 18.3 Å². The fourth-order valence-corrected chi connectivity index (χ4v) is 2.24. The van der Waals surface area contributed by atoms with Crippen molar-refractivity contribution in [1.82, 2.24) is 5.43 Å². The van der Waals surface area contributed by atoms with Crippen LogP contribution in [0.5, 0.6) is 11.5 Å². The van der Waals surface area contributed by atoms with Crippen LogP contribution >= 0.6 is 0 Å². The number of hydrogen-bond acceptors (Lipinski definition) is 3. The number of benzene rings is 3. The molecule has 5 heteroatoms. The fraction of sp³-hybridized carbons (Fsp3) is 0.0476. The van der Waals surface area contributed by atoms with Crippen LogP contribution in [0.2, 0.25) is 0 Å². The van der Waals surface area contributed by atoms with Gasteiger partial charge in [-0.15, -0.1) is 0 Å². The summed E-state index contributed by atoms with van der Waals surface area (Å²) in [5, 5.41) is 6.69. The van der Waals surface area contributed by atoms with E-state index in [0.29, 0.717) is 17.2 Å². The van der Waals surface area contributed by atoms with Gasteiger partial charge in [-0.3, -0.25) is 0 Å². The topological polar surface area (TPSA) is 62.7 Å². The lowest BCUT2D eigenvalue weighted by Gasteiger charge is -2.11. The van der Waals surface area contributed by atoms with E-state index in [1.165, 1.54) is 5.56 Å². The van der Waals surface area contributed by atoms with Crippen LogP contribution in [0.4, 0.5) is 10.5 Å². The van der Waals surface area contributed by atoms with Gasteiger partial charge in [-0.05, 0) is 36.8 Å². The number of carbonyl (C=O) groups is 1. The maximum atomic E-state index is 12.1. The average molecular weight is 345 g/mol. The van der Waals surface area contributed by atoms with Crippen molar-refractivity contribution in [2.45, 2.75) is 6.92 Å². The molecule has 5 nitrogen and oxygen atoms in total. The quantitative estimate of drug-likeness (QED) is 0.508. The Kier molecular flexibility index (Phi) is 5.62. The van der Waals surface area contributed by atoms with Gasteiger partial charge in [0.2, 0.25) is 0 Å². The molecule has 2 amide bonds. The van der Waals surface area contributed by atoms with Gasteiger partial charge in [0.05, 0.1) is 11.9 Å². The number of ether oxygens (including phenoxy) is 1. The van der Waals surface area contributed by atoms with Gasteiger partial charge in [0.15, 0.2) is 5.75 Å². The zero-order chi connectivity index (χ0) is 18.2. The minimum atomic E-state index is -0.447. The monoisotopic (exact) mass is 345 g/mol. The van der Waals surface area contributed by atoms with E-state index < -0.39 is 6.03 Å². The van der Waals surface area contributed by atoms with Crippen molar-refractivity contribution < 1.29 is 9.53 Å². The molecule has 3 rings (SSSR count). The Hall–Kier alpha value is -3.60. The summed E-state index contributed by atoms with van der Waals surface area (Å²) in [5.41, 5.74) is 5.08. The van der Waals surface area contributed by atoms with Gasteiger partial charge in [-0.25, -0.2) is 10.2 Å². The molecule has 0 saturated carbocycles. The van der Waals surface area contributed by atoms with E-state index in [1.807, 2.05) is 73.7 Å². The number of para-hydroxylation sites is 3. The molecule has 3 aromatic rings. The third-order valence-electron chi connectivity index (χ3n) is 3.56.